The van der Waals surface area contributed by atoms with Gasteiger partial charge in [0.1, 0.15) is 5.60 Å². The number of rotatable bonds is 5. The Morgan fingerprint density at radius 3 is 2.59 bits per heavy atom. The van der Waals surface area contributed by atoms with E-state index in [4.69, 9.17) is 4.74 Å². The molecule has 0 spiro atoms. The van der Waals surface area contributed by atoms with Crippen molar-refractivity contribution in [2.75, 3.05) is 44.2 Å². The molecule has 0 aliphatic carbocycles. The lowest BCUT2D eigenvalue weighted by Crippen LogP contribution is -2.39. The summed E-state index contributed by atoms with van der Waals surface area (Å²) in [6.45, 7) is 10.2. The second kappa shape index (κ2) is 7.24. The maximum absolute atomic E-state index is 11.4. The summed E-state index contributed by atoms with van der Waals surface area (Å²) in [6.07, 6.45) is 0. The van der Waals surface area contributed by atoms with E-state index in [1.165, 1.54) is 24.6 Å². The summed E-state index contributed by atoms with van der Waals surface area (Å²) in [7, 11) is 0. The predicted molar refractivity (Wildman–Crippen MR) is 72.5 cm³/mol. The molecule has 0 saturated carbocycles. The lowest BCUT2D eigenvalue weighted by molar-refractivity contribution is -0.153. The Morgan fingerprint density at radius 1 is 1.35 bits per heavy atom. The second-order valence-corrected chi connectivity index (χ2v) is 6.44. The quantitative estimate of drug-likeness (QED) is 0.589. The summed E-state index contributed by atoms with van der Waals surface area (Å²) in [5.74, 6) is 2.28. The van der Waals surface area contributed by atoms with Crippen LogP contribution in [0, 0.1) is 0 Å². The Labute approximate surface area is 108 Å². The minimum atomic E-state index is -0.386. The van der Waals surface area contributed by atoms with E-state index in [1.807, 2.05) is 32.5 Å². The minimum Gasteiger partial charge on any atom is -0.459 e. The Kier molecular flexibility index (Phi) is 6.30. The maximum atomic E-state index is 11.4. The molecule has 17 heavy (non-hydrogen) atoms. The zero-order valence-corrected chi connectivity index (χ0v) is 11.9. The largest absolute Gasteiger partial charge is 0.459 e. The molecule has 1 aliphatic rings. The van der Waals surface area contributed by atoms with Gasteiger partial charge in [-0.3, -0.25) is 4.79 Å². The summed E-state index contributed by atoms with van der Waals surface area (Å²) in [5.41, 5.74) is -0.386. The third-order valence-electron chi connectivity index (χ3n) is 2.40. The van der Waals surface area contributed by atoms with E-state index in [1.54, 1.807) is 0 Å². The summed E-state index contributed by atoms with van der Waals surface area (Å²) < 4.78 is 5.21. The zero-order valence-electron chi connectivity index (χ0n) is 11.1. The highest BCUT2D eigenvalue weighted by molar-refractivity contribution is 7.99. The van der Waals surface area contributed by atoms with Crippen LogP contribution in [0.1, 0.15) is 20.8 Å². The van der Waals surface area contributed by atoms with Crippen molar-refractivity contribution in [3.05, 3.63) is 0 Å². The third kappa shape index (κ3) is 7.63. The molecule has 0 aromatic rings. The second-order valence-electron chi connectivity index (χ2n) is 5.22. The van der Waals surface area contributed by atoms with Gasteiger partial charge >= 0.3 is 5.97 Å². The van der Waals surface area contributed by atoms with Crippen LogP contribution < -0.4 is 5.32 Å². The Bertz CT molecular complexity index is 235. The standard InChI is InChI=1S/C12H24N2O2S/c1-12(2,3)16-11(15)10-13-4-5-14-6-8-17-9-7-14/h13H,4-10H2,1-3H3. The van der Waals surface area contributed by atoms with E-state index < -0.39 is 0 Å². The summed E-state index contributed by atoms with van der Waals surface area (Å²) >= 11 is 2.01. The van der Waals surface area contributed by atoms with Crippen molar-refractivity contribution in [2.24, 2.45) is 0 Å². The topological polar surface area (TPSA) is 41.6 Å². The molecule has 0 aromatic carbocycles. The number of nitrogens with one attached hydrogen (secondary N) is 1. The number of thioether (sulfide) groups is 1. The maximum Gasteiger partial charge on any atom is 0.320 e. The van der Waals surface area contributed by atoms with Gasteiger partial charge in [-0.05, 0) is 20.8 Å². The van der Waals surface area contributed by atoms with Gasteiger partial charge in [0.2, 0.25) is 0 Å². The van der Waals surface area contributed by atoms with Crippen LogP contribution in [0.15, 0.2) is 0 Å². The van der Waals surface area contributed by atoms with Gasteiger partial charge in [-0.25, -0.2) is 0 Å². The van der Waals surface area contributed by atoms with Crippen molar-refractivity contribution in [2.45, 2.75) is 26.4 Å². The number of carbonyl (C=O) groups excluding carboxylic acids is 1. The molecule has 0 aromatic heterocycles. The summed E-state index contributed by atoms with van der Waals surface area (Å²) in [6, 6.07) is 0. The molecular formula is C12H24N2O2S. The number of nitrogens with zero attached hydrogens (tertiary/aromatic N) is 1. The van der Waals surface area contributed by atoms with Gasteiger partial charge in [0.15, 0.2) is 0 Å². The average molecular weight is 260 g/mol. The first kappa shape index (κ1) is 14.8. The first-order chi connectivity index (χ1) is 7.97. The van der Waals surface area contributed by atoms with Crippen molar-refractivity contribution in [1.82, 2.24) is 10.2 Å². The Hall–Kier alpha value is -0.260. The van der Waals surface area contributed by atoms with Gasteiger partial charge < -0.3 is 15.0 Å². The van der Waals surface area contributed by atoms with E-state index in [0.29, 0.717) is 6.54 Å². The molecule has 100 valence electrons. The molecule has 5 heteroatoms. The van der Waals surface area contributed by atoms with E-state index in [-0.39, 0.29) is 11.6 Å². The van der Waals surface area contributed by atoms with Crippen molar-refractivity contribution in [1.29, 1.82) is 0 Å². The monoisotopic (exact) mass is 260 g/mol. The van der Waals surface area contributed by atoms with Crippen LogP contribution >= 0.6 is 11.8 Å². The van der Waals surface area contributed by atoms with Crippen LogP contribution in [0.25, 0.3) is 0 Å². The van der Waals surface area contributed by atoms with Gasteiger partial charge in [-0.1, -0.05) is 0 Å². The molecule has 1 N–H and O–H groups in total. The first-order valence-corrected chi connectivity index (χ1v) is 7.35. The normalized spacial score (nSPS) is 18.1. The molecule has 1 aliphatic heterocycles. The van der Waals surface area contributed by atoms with Gasteiger partial charge in [0.25, 0.3) is 0 Å². The van der Waals surface area contributed by atoms with Crippen LogP contribution in [0.2, 0.25) is 0 Å². The highest BCUT2D eigenvalue weighted by atomic mass is 32.2. The van der Waals surface area contributed by atoms with Crippen LogP contribution in [0.4, 0.5) is 0 Å². The molecule has 0 bridgehead atoms. The highest BCUT2D eigenvalue weighted by Crippen LogP contribution is 2.08. The fourth-order valence-corrected chi connectivity index (χ4v) is 2.61. The number of ether oxygens (including phenoxy) is 1. The summed E-state index contributed by atoms with van der Waals surface area (Å²) in [4.78, 5) is 13.8. The van der Waals surface area contributed by atoms with E-state index in [2.05, 4.69) is 10.2 Å². The van der Waals surface area contributed by atoms with Crippen LogP contribution in [0.3, 0.4) is 0 Å². The molecule has 0 atom stereocenters. The third-order valence-corrected chi connectivity index (χ3v) is 3.34. The van der Waals surface area contributed by atoms with Crippen LogP contribution in [0.5, 0.6) is 0 Å². The molecule has 0 unspecified atom stereocenters. The minimum absolute atomic E-state index is 0.174. The Balaban J connectivity index is 2.01. The van der Waals surface area contributed by atoms with Crippen molar-refractivity contribution < 1.29 is 9.53 Å². The van der Waals surface area contributed by atoms with E-state index in [0.717, 1.165) is 13.1 Å². The SMILES string of the molecule is CC(C)(C)OC(=O)CNCCN1CCSCC1. The number of hydrogen-bond acceptors (Lipinski definition) is 5. The van der Waals surface area contributed by atoms with Gasteiger partial charge in [-0.2, -0.15) is 11.8 Å². The first-order valence-electron chi connectivity index (χ1n) is 6.20. The lowest BCUT2D eigenvalue weighted by Gasteiger charge is -2.26. The van der Waals surface area contributed by atoms with Crippen molar-refractivity contribution >= 4 is 17.7 Å². The predicted octanol–water partition coefficient (Wildman–Crippen LogP) is 0.967. The van der Waals surface area contributed by atoms with Crippen LogP contribution in [-0.4, -0.2) is 60.7 Å². The lowest BCUT2D eigenvalue weighted by atomic mass is 10.2. The van der Waals surface area contributed by atoms with Gasteiger partial charge in [0.05, 0.1) is 6.54 Å². The number of carbonyl (C=O) groups is 1. The summed E-state index contributed by atoms with van der Waals surface area (Å²) in [5, 5.41) is 3.13. The zero-order chi connectivity index (χ0) is 12.7. The molecule has 1 rings (SSSR count). The average Bonchev–Trinajstić information content (AvgIpc) is 2.23. The van der Waals surface area contributed by atoms with Gasteiger partial charge in [-0.15, -0.1) is 0 Å². The van der Waals surface area contributed by atoms with Crippen molar-refractivity contribution in [3.63, 3.8) is 0 Å². The molecule has 0 radical (unpaired) electrons. The van der Waals surface area contributed by atoms with Gasteiger partial charge in [0, 0.05) is 37.7 Å². The highest BCUT2D eigenvalue weighted by Gasteiger charge is 2.15. The fraction of sp³-hybridized carbons (Fsp3) is 0.917. The Morgan fingerprint density at radius 2 is 2.00 bits per heavy atom. The van der Waals surface area contributed by atoms with E-state index >= 15 is 0 Å². The van der Waals surface area contributed by atoms with Crippen molar-refractivity contribution in [3.8, 4) is 0 Å². The molecule has 4 nitrogen and oxygen atoms in total. The molecule has 1 heterocycles. The number of hydrogen-bond donors (Lipinski definition) is 1. The molecule has 0 amide bonds. The molecule has 1 fully saturated rings. The molecular weight excluding hydrogens is 236 g/mol. The molecule has 1 saturated heterocycles. The van der Waals surface area contributed by atoms with Crippen LogP contribution in [-0.2, 0) is 9.53 Å². The van der Waals surface area contributed by atoms with E-state index in [9.17, 15) is 4.79 Å². The fourth-order valence-electron chi connectivity index (χ4n) is 1.63. The number of esters is 1. The smallest absolute Gasteiger partial charge is 0.320 e.